The van der Waals surface area contributed by atoms with E-state index in [0.29, 0.717) is 89.7 Å². The predicted octanol–water partition coefficient (Wildman–Crippen LogP) is 8.79. The summed E-state index contributed by atoms with van der Waals surface area (Å²) < 4.78 is 5.12. The van der Waals surface area contributed by atoms with E-state index in [1.54, 1.807) is 32.6 Å². The van der Waals surface area contributed by atoms with Crippen LogP contribution in [0.15, 0.2) is 64.8 Å². The van der Waals surface area contributed by atoms with Crippen LogP contribution < -0.4 is 10.6 Å². The van der Waals surface area contributed by atoms with Crippen molar-refractivity contribution in [1.29, 1.82) is 0 Å². The van der Waals surface area contributed by atoms with Gasteiger partial charge in [0, 0.05) is 47.2 Å². The van der Waals surface area contributed by atoms with Gasteiger partial charge >= 0.3 is 55.5 Å². The number of carbonyl (C=O) groups excluding carboxylic acids is 6. The van der Waals surface area contributed by atoms with Crippen LogP contribution in [0.3, 0.4) is 0 Å². The molecule has 1 fully saturated rings. The number of hydrogen-bond donors (Lipinski definition) is 2. The summed E-state index contributed by atoms with van der Waals surface area (Å²) >= 11 is 4.74. The van der Waals surface area contributed by atoms with Crippen LogP contribution >= 0.6 is 40.0 Å². The van der Waals surface area contributed by atoms with Crippen LogP contribution in [0.1, 0.15) is 112 Å². The summed E-state index contributed by atoms with van der Waals surface area (Å²) in [5, 5.41) is 5.87. The van der Waals surface area contributed by atoms with E-state index >= 15 is 0 Å². The number of ketones is 3. The van der Waals surface area contributed by atoms with Gasteiger partial charge in [0.25, 0.3) is 0 Å². The van der Waals surface area contributed by atoms with Crippen molar-refractivity contribution in [1.82, 2.24) is 15.5 Å². The summed E-state index contributed by atoms with van der Waals surface area (Å²) in [4.78, 5) is 81.3. The number of Topliss-reactive ketones (excluding diaryl/α,β-unsaturated/α-hetero) is 3. The van der Waals surface area contributed by atoms with Gasteiger partial charge in [-0.05, 0) is 98.0 Å². The zero-order chi connectivity index (χ0) is 41.9. The first-order valence-electron chi connectivity index (χ1n) is 19.7. The second-order valence-corrected chi connectivity index (χ2v) is 27.1. The third kappa shape index (κ3) is 16.2. The molecule has 0 unspecified atom stereocenters. The molecule has 2 N–H and O–H groups in total. The van der Waals surface area contributed by atoms with Gasteiger partial charge in [-0.15, -0.1) is 0 Å². The topological polar surface area (TPSA) is 139 Å². The van der Waals surface area contributed by atoms with Crippen LogP contribution in [0.2, 0.25) is 0 Å². The van der Waals surface area contributed by atoms with Crippen molar-refractivity contribution in [3.63, 3.8) is 0 Å². The van der Waals surface area contributed by atoms with Crippen LogP contribution in [0, 0.1) is 17.8 Å². The van der Waals surface area contributed by atoms with Gasteiger partial charge in [0.15, 0.2) is 17.3 Å². The Balaban J connectivity index is 0.00000349. The van der Waals surface area contributed by atoms with Crippen molar-refractivity contribution in [2.24, 2.45) is 17.8 Å². The Kier molecular flexibility index (Phi) is 23.1. The molecule has 0 saturated carbocycles. The molecule has 3 rings (SSSR count). The van der Waals surface area contributed by atoms with Crippen molar-refractivity contribution in [3.8, 4) is 0 Å². The second-order valence-electron chi connectivity index (χ2n) is 15.3. The Morgan fingerprint density at radius 1 is 0.929 bits per heavy atom. The number of allylic oxidation sites excluding steroid dienone is 4. The summed E-state index contributed by atoms with van der Waals surface area (Å²) in [6.07, 6.45) is 7.59. The fourth-order valence-corrected chi connectivity index (χ4v) is 7.23. The molecule has 1 aliphatic carbocycles. The number of halogens is 2. The monoisotopic (exact) mass is 1040 g/mol. The average molecular weight is 1040 g/mol. The number of likely N-dealkylation sites (tertiary alicyclic amines) is 1. The second kappa shape index (κ2) is 25.9. The molecular formula is C43H61I2N3O7V. The number of hydrogen-bond acceptors (Lipinski definition) is 7. The van der Waals surface area contributed by atoms with E-state index < -0.39 is 24.0 Å². The number of nitrogens with zero attached hydrogens (tertiary/aromatic N) is 1. The summed E-state index contributed by atoms with van der Waals surface area (Å²) in [7, 11) is 0.628. The van der Waals surface area contributed by atoms with Gasteiger partial charge in [-0.2, -0.15) is 0 Å². The zero-order valence-electron chi connectivity index (χ0n) is 34.3. The van der Waals surface area contributed by atoms with Crippen LogP contribution in [-0.2, 0) is 44.6 Å². The van der Waals surface area contributed by atoms with Gasteiger partial charge in [-0.3, -0.25) is 24.0 Å². The molecule has 56 heavy (non-hydrogen) atoms. The summed E-state index contributed by atoms with van der Waals surface area (Å²) in [5.41, 5.74) is 2.97. The molecule has 1 heterocycles. The zero-order valence-corrected chi connectivity index (χ0v) is 40.0. The number of alkyl carbamates (subject to hydrolysis) is 1. The normalized spacial score (nSPS) is 17.5. The number of unbranched alkanes of at least 4 members (excludes halogenated alkanes) is 1. The molecule has 0 radical (unpaired) electrons. The Bertz CT molecular complexity index is 1610. The maximum absolute atomic E-state index is 14.3. The van der Waals surface area contributed by atoms with Crippen LogP contribution in [-0.4, -0.2) is 71.4 Å². The van der Waals surface area contributed by atoms with Gasteiger partial charge in [0.1, 0.15) is 0 Å². The van der Waals surface area contributed by atoms with E-state index in [0.717, 1.165) is 5.56 Å². The Morgan fingerprint density at radius 2 is 1.57 bits per heavy atom. The van der Waals surface area contributed by atoms with Crippen molar-refractivity contribution in [2.45, 2.75) is 131 Å². The number of benzene rings is 1. The van der Waals surface area contributed by atoms with Gasteiger partial charge in [-0.25, -0.2) is 4.79 Å². The predicted molar refractivity (Wildman–Crippen MR) is 235 cm³/mol. The number of rotatable bonds is 19. The van der Waals surface area contributed by atoms with Crippen LogP contribution in [0.5, 0.6) is 0 Å². The molecule has 0 aromatic heterocycles. The fourth-order valence-electron chi connectivity index (χ4n) is 7.23. The molecule has 1 aliphatic heterocycles. The van der Waals surface area contributed by atoms with Gasteiger partial charge in [0.2, 0.25) is 11.8 Å². The van der Waals surface area contributed by atoms with E-state index in [1.165, 1.54) is 0 Å². The molecule has 2 aliphatic rings. The SMILES string of the molecule is CCOC(=O)N[C@H](/C=C/[C@H](Cc1ccccc1)C(=O)N1CCC[C@H]1C(=O)C[C@@H](CCCCC1=C(C)C(=O)C(C)=C(C)C1=O)C(=O)NC(C)C)CC(C)C.[I][V][I]. The third-order valence-electron chi connectivity index (χ3n) is 10.2. The van der Waals surface area contributed by atoms with Crippen LogP contribution in [0.25, 0.3) is 0 Å². The molecule has 0 bridgehead atoms. The van der Waals surface area contributed by atoms with E-state index in [9.17, 15) is 28.8 Å². The van der Waals surface area contributed by atoms with Gasteiger partial charge < -0.3 is 20.3 Å². The molecule has 10 nitrogen and oxygen atoms in total. The Morgan fingerprint density at radius 3 is 2.18 bits per heavy atom. The van der Waals surface area contributed by atoms with Gasteiger partial charge in [0.05, 0.1) is 24.6 Å². The first-order chi connectivity index (χ1) is 26.6. The third-order valence-corrected chi connectivity index (χ3v) is 10.2. The molecule has 4 atom stereocenters. The van der Waals surface area contributed by atoms with Crippen molar-refractivity contribution in [3.05, 3.63) is 70.3 Å². The Labute approximate surface area is 363 Å². The van der Waals surface area contributed by atoms with Crippen molar-refractivity contribution in [2.75, 3.05) is 13.2 Å². The van der Waals surface area contributed by atoms with E-state index in [2.05, 4.69) is 64.4 Å². The molecule has 1 saturated heterocycles. The summed E-state index contributed by atoms with van der Waals surface area (Å²) in [6.45, 7) is 15.4. The molecule has 0 spiro atoms. The molecule has 1 aromatic rings. The standard InChI is InChI=1S/C43H61N3O7.2HI.V/c1-9-53-43(52)45-35(24-27(2)3)22-21-34(25-32-16-11-10-12-17-32)42(51)46-23-15-20-37(46)38(47)26-33(41(50)44-28(4)5)18-13-14-19-36-31(8)39(48)29(6)30(7)40(36)49;;;/h10-12,16-17,21-22,27-28,33-35,37H,9,13-15,18-20,23-26H2,1-8H3,(H,44,50)(H,45,52);2*1H;/q;;;+2/p-2/b22-21+;;;/t33-,34-,35-,37+;;;/m1.../s1. The Hall–Kier alpha value is -2.30. The number of ether oxygens (including phenoxy) is 1. The first-order valence-corrected chi connectivity index (χ1v) is 28.7. The molecule has 309 valence electrons. The van der Waals surface area contributed by atoms with Crippen LogP contribution in [0.4, 0.5) is 4.79 Å². The van der Waals surface area contributed by atoms with E-state index in [-0.39, 0.29) is 60.2 Å². The quantitative estimate of drug-likeness (QED) is 0.0612. The molecule has 13 heteroatoms. The fraction of sp³-hybridized carbons (Fsp3) is 0.581. The number of amides is 3. The minimum absolute atomic E-state index is 0.00625. The molecule has 1 aromatic carbocycles. The number of carbonyl (C=O) groups is 6. The molecule has 3 amide bonds. The van der Waals surface area contributed by atoms with E-state index in [1.807, 2.05) is 56.3 Å². The summed E-state index contributed by atoms with van der Waals surface area (Å²) in [6, 6.07) is 8.65. The number of nitrogens with one attached hydrogen (secondary N) is 2. The first kappa shape index (κ1) is 49.8. The average Bonchev–Trinajstić information content (AvgIpc) is 3.64. The van der Waals surface area contributed by atoms with E-state index in [4.69, 9.17) is 4.74 Å². The van der Waals surface area contributed by atoms with Crippen molar-refractivity contribution < 1.29 is 43.0 Å². The minimum atomic E-state index is -0.635. The summed E-state index contributed by atoms with van der Waals surface area (Å²) in [5.74, 6) is -1.56. The maximum atomic E-state index is 14.3. The molecular weight excluding hydrogens is 975 g/mol. The van der Waals surface area contributed by atoms with Gasteiger partial charge in [-0.1, -0.05) is 62.8 Å². The van der Waals surface area contributed by atoms with Crippen molar-refractivity contribution >= 4 is 75.2 Å².